The smallest absolute Gasteiger partial charge is 0.330 e. The van der Waals surface area contributed by atoms with Crippen molar-refractivity contribution in [3.8, 4) is 11.5 Å². The molecule has 0 saturated carbocycles. The Labute approximate surface area is 217 Å². The van der Waals surface area contributed by atoms with Crippen LogP contribution in [-0.4, -0.2) is 43.3 Å². The lowest BCUT2D eigenvalue weighted by atomic mass is 10.1. The van der Waals surface area contributed by atoms with Gasteiger partial charge >= 0.3 is 5.69 Å². The monoisotopic (exact) mass is 576 g/mol. The fourth-order valence-electron chi connectivity index (χ4n) is 4.30. The zero-order valence-corrected chi connectivity index (χ0v) is 22.5. The van der Waals surface area contributed by atoms with Crippen LogP contribution >= 0.6 is 15.9 Å². The average molecular weight is 577 g/mol. The molecule has 10 heteroatoms. The van der Waals surface area contributed by atoms with Crippen LogP contribution in [0.2, 0.25) is 0 Å². The van der Waals surface area contributed by atoms with Crippen LogP contribution in [0.1, 0.15) is 24.1 Å². The largest absolute Gasteiger partial charge is 0.493 e. The predicted molar refractivity (Wildman–Crippen MR) is 141 cm³/mol. The summed E-state index contributed by atoms with van der Waals surface area (Å²) in [7, 11) is -1.99. The maximum absolute atomic E-state index is 13.9. The van der Waals surface area contributed by atoms with Crippen LogP contribution in [0.4, 0.5) is 4.39 Å². The summed E-state index contributed by atoms with van der Waals surface area (Å²) in [6.07, 6.45) is 1.14. The summed E-state index contributed by atoms with van der Waals surface area (Å²) in [4.78, 5) is 13.9. The Morgan fingerprint density at radius 1 is 1.03 bits per heavy atom. The summed E-state index contributed by atoms with van der Waals surface area (Å²) < 4.78 is 53.8. The van der Waals surface area contributed by atoms with Crippen molar-refractivity contribution in [2.75, 3.05) is 25.7 Å². The van der Waals surface area contributed by atoms with Crippen LogP contribution in [0, 0.1) is 5.82 Å². The third kappa shape index (κ3) is 5.49. The minimum atomic E-state index is -3.51. The Hall–Kier alpha value is -3.11. The van der Waals surface area contributed by atoms with Gasteiger partial charge in [0, 0.05) is 10.7 Å². The highest BCUT2D eigenvalue weighted by Gasteiger charge is 2.27. The molecule has 0 saturated heterocycles. The maximum Gasteiger partial charge on any atom is 0.330 e. The number of hydrogen-bond donors (Lipinski definition) is 0. The Morgan fingerprint density at radius 2 is 1.81 bits per heavy atom. The second-order valence-electron chi connectivity index (χ2n) is 8.45. The number of halogens is 2. The molecule has 0 spiro atoms. The first-order valence-corrected chi connectivity index (χ1v) is 14.1. The summed E-state index contributed by atoms with van der Waals surface area (Å²) >= 11 is 3.46. The number of fused-ring (bicyclic) bond motifs is 1. The van der Waals surface area contributed by atoms with E-state index in [0.29, 0.717) is 40.3 Å². The van der Waals surface area contributed by atoms with E-state index in [-0.39, 0.29) is 12.3 Å². The molecule has 0 fully saturated rings. The lowest BCUT2D eigenvalue weighted by molar-refractivity contribution is 0.310. The molecule has 0 unspecified atom stereocenters. The highest BCUT2D eigenvalue weighted by Crippen LogP contribution is 2.33. The van der Waals surface area contributed by atoms with Crippen molar-refractivity contribution in [3.63, 3.8) is 0 Å². The lowest BCUT2D eigenvalue weighted by Gasteiger charge is -2.20. The Kier molecular flexibility index (Phi) is 7.56. The van der Waals surface area contributed by atoms with Crippen LogP contribution in [0.3, 0.4) is 0 Å². The molecule has 1 heterocycles. The molecule has 0 aliphatic heterocycles. The fraction of sp³-hybridized carbons (Fsp3) is 0.269. The minimum Gasteiger partial charge on any atom is -0.493 e. The van der Waals surface area contributed by atoms with Gasteiger partial charge in [0.05, 0.1) is 43.1 Å². The van der Waals surface area contributed by atoms with Gasteiger partial charge in [0.2, 0.25) is 0 Å². The highest BCUT2D eigenvalue weighted by atomic mass is 79.9. The molecule has 4 aromatic rings. The van der Waals surface area contributed by atoms with Crippen molar-refractivity contribution in [1.29, 1.82) is 0 Å². The van der Waals surface area contributed by atoms with Crippen LogP contribution in [0.25, 0.3) is 11.0 Å². The first-order valence-electron chi connectivity index (χ1n) is 11.2. The van der Waals surface area contributed by atoms with Crippen LogP contribution in [-0.2, 0) is 16.4 Å². The number of aromatic nitrogens is 2. The molecular weight excluding hydrogens is 551 g/mol. The predicted octanol–water partition coefficient (Wildman–Crippen LogP) is 4.79. The van der Waals surface area contributed by atoms with Gasteiger partial charge in [0.1, 0.15) is 15.7 Å². The number of benzene rings is 3. The minimum absolute atomic E-state index is 0.120. The molecule has 0 bridgehead atoms. The number of nitrogens with zero attached hydrogens (tertiary/aromatic N) is 2. The number of rotatable bonds is 9. The molecule has 3 aromatic carbocycles. The fourth-order valence-corrected chi connectivity index (χ4v) is 5.56. The number of imidazole rings is 1. The van der Waals surface area contributed by atoms with E-state index in [1.165, 1.54) is 28.4 Å². The van der Waals surface area contributed by atoms with Crippen molar-refractivity contribution in [1.82, 2.24) is 9.13 Å². The van der Waals surface area contributed by atoms with Gasteiger partial charge in [-0.15, -0.1) is 0 Å². The molecule has 1 atom stereocenters. The third-order valence-electron chi connectivity index (χ3n) is 5.80. The van der Waals surface area contributed by atoms with Gasteiger partial charge in [-0.25, -0.2) is 17.6 Å². The Morgan fingerprint density at radius 3 is 2.47 bits per heavy atom. The van der Waals surface area contributed by atoms with E-state index < -0.39 is 27.4 Å². The number of hydrogen-bond acceptors (Lipinski definition) is 5. The van der Waals surface area contributed by atoms with Crippen LogP contribution in [0.15, 0.2) is 69.9 Å². The first-order chi connectivity index (χ1) is 17.1. The summed E-state index contributed by atoms with van der Waals surface area (Å²) in [5, 5.41) is 0. The summed E-state index contributed by atoms with van der Waals surface area (Å²) in [5.74, 6) is 0.251. The summed E-state index contributed by atoms with van der Waals surface area (Å²) in [6, 6.07) is 15.7. The van der Waals surface area contributed by atoms with Crippen molar-refractivity contribution >= 4 is 36.8 Å². The maximum atomic E-state index is 13.9. The second-order valence-corrected chi connectivity index (χ2v) is 11.6. The highest BCUT2D eigenvalue weighted by molar-refractivity contribution is 9.10. The molecule has 1 aromatic heterocycles. The van der Waals surface area contributed by atoms with Gasteiger partial charge in [-0.05, 0) is 60.5 Å². The SMILES string of the molecule is CCOc1cc([C@@H](CS(C)(=O)=O)n2c(=O)n(Cc3cccc(F)c3)c3cc(Br)ccc32)ccc1OC. The van der Waals surface area contributed by atoms with Gasteiger partial charge < -0.3 is 9.47 Å². The summed E-state index contributed by atoms with van der Waals surface area (Å²) in [6.45, 7) is 2.34. The van der Waals surface area contributed by atoms with Crippen LogP contribution < -0.4 is 15.2 Å². The zero-order valence-electron chi connectivity index (χ0n) is 20.1. The molecule has 0 aliphatic carbocycles. The third-order valence-corrected chi connectivity index (χ3v) is 7.21. The number of methoxy groups -OCH3 is 1. The van der Waals surface area contributed by atoms with Gasteiger partial charge in [0.15, 0.2) is 11.5 Å². The standard InChI is InChI=1S/C26H26BrFN2O5S/c1-4-35-25-13-18(8-11-24(25)34-2)23(16-36(3,32)33)30-21-10-9-19(27)14-22(21)29(26(30)31)15-17-6-5-7-20(28)12-17/h5-14,23H,4,15-16H2,1-3H3/t23-/m1/s1. The van der Waals surface area contributed by atoms with E-state index in [1.807, 2.05) is 6.92 Å². The van der Waals surface area contributed by atoms with Crippen molar-refractivity contribution in [2.24, 2.45) is 0 Å². The quantitative estimate of drug-likeness (QED) is 0.286. The van der Waals surface area contributed by atoms with Gasteiger partial charge in [0.25, 0.3) is 0 Å². The topological polar surface area (TPSA) is 79.5 Å². The van der Waals surface area contributed by atoms with Crippen molar-refractivity contribution < 1.29 is 22.3 Å². The molecule has 36 heavy (non-hydrogen) atoms. The molecular formula is C26H26BrFN2O5S. The van der Waals surface area contributed by atoms with Gasteiger partial charge in [-0.3, -0.25) is 9.13 Å². The average Bonchev–Trinajstić information content (AvgIpc) is 3.07. The molecule has 7 nitrogen and oxygen atoms in total. The molecule has 190 valence electrons. The van der Waals surface area contributed by atoms with E-state index in [9.17, 15) is 17.6 Å². The van der Waals surface area contributed by atoms with Crippen molar-refractivity contribution in [2.45, 2.75) is 19.5 Å². The zero-order chi connectivity index (χ0) is 26.0. The van der Waals surface area contributed by atoms with E-state index in [1.54, 1.807) is 48.5 Å². The number of ether oxygens (including phenoxy) is 2. The van der Waals surface area contributed by atoms with E-state index in [2.05, 4.69) is 15.9 Å². The molecule has 0 N–H and O–H groups in total. The molecule has 0 amide bonds. The van der Waals surface area contributed by atoms with E-state index in [0.717, 1.165) is 10.7 Å². The van der Waals surface area contributed by atoms with Gasteiger partial charge in [-0.2, -0.15) is 0 Å². The number of sulfone groups is 1. The van der Waals surface area contributed by atoms with E-state index in [4.69, 9.17) is 9.47 Å². The Balaban J connectivity index is 1.96. The molecule has 4 rings (SSSR count). The van der Waals surface area contributed by atoms with Crippen molar-refractivity contribution in [3.05, 3.63) is 92.6 Å². The second kappa shape index (κ2) is 10.5. The van der Waals surface area contributed by atoms with E-state index >= 15 is 0 Å². The first kappa shape index (κ1) is 26.0. The summed E-state index contributed by atoms with van der Waals surface area (Å²) in [5.41, 5.74) is 1.94. The van der Waals surface area contributed by atoms with Crippen LogP contribution in [0.5, 0.6) is 11.5 Å². The Bertz CT molecular complexity index is 1580. The molecule has 0 aliphatic rings. The lowest BCUT2D eigenvalue weighted by Crippen LogP contribution is -2.32. The van der Waals surface area contributed by atoms with Gasteiger partial charge in [-0.1, -0.05) is 34.1 Å². The normalized spacial score (nSPS) is 12.6. The molecule has 0 radical (unpaired) electrons.